The Bertz CT molecular complexity index is 25.2. The summed E-state index contributed by atoms with van der Waals surface area (Å²) in [5, 5.41) is 0. The molecule has 0 aliphatic rings. The summed E-state index contributed by atoms with van der Waals surface area (Å²) in [5.74, 6) is 0. The minimum Gasteiger partial charge on any atom is -0.333 e. The number of hydrogen-bond acceptors (Lipinski definition) is 0. The zero-order valence-electron chi connectivity index (χ0n) is 5.26. The Balaban J connectivity index is -0.0000000800. The molecule has 0 bridgehead atoms. The zero-order valence-corrected chi connectivity index (χ0v) is 6.90. The first-order valence-electron chi connectivity index (χ1n) is 1.79. The van der Waals surface area contributed by atoms with Crippen LogP contribution in [0.5, 0.6) is 0 Å². The standard InChI is InChI=1S/C4H12N.2ClH/c1-5(2,3)4;;/h1-4H3;2*1H/q+1;;. The minimum absolute atomic E-state index is 0. The van der Waals surface area contributed by atoms with Crippen molar-refractivity contribution in [2.24, 2.45) is 0 Å². The lowest BCUT2D eigenvalue weighted by molar-refractivity contribution is -0.849. The van der Waals surface area contributed by atoms with Crippen LogP contribution in [0.1, 0.15) is 0 Å². The van der Waals surface area contributed by atoms with Gasteiger partial charge in [-0.3, -0.25) is 0 Å². The molecule has 0 saturated carbocycles. The predicted octanol–water partition coefficient (Wildman–Crippen LogP) is 1.17. The number of rotatable bonds is 0. The normalized spacial score (nSPS) is 8.57. The molecule has 0 N–H and O–H groups in total. The van der Waals surface area contributed by atoms with Crippen LogP contribution >= 0.6 is 24.8 Å². The van der Waals surface area contributed by atoms with Gasteiger partial charge in [0.2, 0.25) is 0 Å². The van der Waals surface area contributed by atoms with Crippen LogP contribution in [0.3, 0.4) is 0 Å². The smallest absolute Gasteiger partial charge is 0.0675 e. The molecule has 0 amide bonds. The first-order chi connectivity index (χ1) is 2.00. The highest BCUT2D eigenvalue weighted by Crippen LogP contribution is 1.73. The van der Waals surface area contributed by atoms with Gasteiger partial charge in [0.25, 0.3) is 0 Å². The number of quaternary nitrogens is 1. The summed E-state index contributed by atoms with van der Waals surface area (Å²) in [5.41, 5.74) is 0. The fraction of sp³-hybridized carbons (Fsp3) is 1.00. The van der Waals surface area contributed by atoms with Gasteiger partial charge in [-0.2, -0.15) is 0 Å². The zero-order chi connectivity index (χ0) is 4.50. The van der Waals surface area contributed by atoms with Gasteiger partial charge in [-0.05, 0) is 0 Å². The van der Waals surface area contributed by atoms with Crippen molar-refractivity contribution < 1.29 is 4.48 Å². The molecule has 0 rings (SSSR count). The van der Waals surface area contributed by atoms with Crippen molar-refractivity contribution in [3.05, 3.63) is 0 Å². The van der Waals surface area contributed by atoms with Gasteiger partial charge in [0.15, 0.2) is 0 Å². The molecule has 0 radical (unpaired) electrons. The van der Waals surface area contributed by atoms with Crippen molar-refractivity contribution in [1.29, 1.82) is 0 Å². The topological polar surface area (TPSA) is 0 Å². The van der Waals surface area contributed by atoms with E-state index in [1.165, 1.54) is 0 Å². The van der Waals surface area contributed by atoms with Crippen LogP contribution < -0.4 is 0 Å². The average molecular weight is 147 g/mol. The minimum atomic E-state index is 0. The summed E-state index contributed by atoms with van der Waals surface area (Å²) in [6.45, 7) is 0. The van der Waals surface area contributed by atoms with Crippen molar-refractivity contribution in [2.45, 2.75) is 0 Å². The molecular weight excluding hydrogens is 133 g/mol. The van der Waals surface area contributed by atoms with E-state index in [0.29, 0.717) is 0 Å². The third kappa shape index (κ3) is 462. The molecule has 0 aliphatic heterocycles. The Kier molecular flexibility index (Phi) is 10.5. The van der Waals surface area contributed by atoms with Crippen LogP contribution in [-0.4, -0.2) is 32.7 Å². The molecule has 3 heteroatoms. The molecule has 48 valence electrons. The monoisotopic (exact) mass is 146 g/mol. The molecule has 0 aromatic carbocycles. The molecule has 0 atom stereocenters. The van der Waals surface area contributed by atoms with Gasteiger partial charge in [-0.15, -0.1) is 24.8 Å². The first kappa shape index (κ1) is 15.6. The summed E-state index contributed by atoms with van der Waals surface area (Å²) in [6, 6.07) is 0. The van der Waals surface area contributed by atoms with Gasteiger partial charge >= 0.3 is 0 Å². The summed E-state index contributed by atoms with van der Waals surface area (Å²) in [6.07, 6.45) is 0. The Morgan fingerprint density at radius 2 is 0.714 bits per heavy atom. The highest BCUT2D eigenvalue weighted by molar-refractivity contribution is 5.85. The third-order valence-corrected chi connectivity index (χ3v) is 0. The molecule has 0 aliphatic carbocycles. The summed E-state index contributed by atoms with van der Waals surface area (Å²) < 4.78 is 1.00. The molecular formula is C4H14Cl2N+. The molecule has 0 aromatic rings. The lowest BCUT2D eigenvalue weighted by atomic mass is 10.8. The number of nitrogens with zero attached hydrogens (tertiary/aromatic N) is 1. The van der Waals surface area contributed by atoms with Crippen LogP contribution in [-0.2, 0) is 0 Å². The van der Waals surface area contributed by atoms with E-state index in [1.54, 1.807) is 0 Å². The first-order valence-corrected chi connectivity index (χ1v) is 1.79. The van der Waals surface area contributed by atoms with Gasteiger partial charge in [0, 0.05) is 0 Å². The van der Waals surface area contributed by atoms with E-state index >= 15 is 0 Å². The summed E-state index contributed by atoms with van der Waals surface area (Å²) in [7, 11) is 8.50. The maximum absolute atomic E-state index is 2.12. The van der Waals surface area contributed by atoms with Crippen molar-refractivity contribution in [3.8, 4) is 0 Å². The van der Waals surface area contributed by atoms with Crippen molar-refractivity contribution in [3.63, 3.8) is 0 Å². The lowest BCUT2D eigenvalue weighted by Gasteiger charge is -2.14. The lowest BCUT2D eigenvalue weighted by Crippen LogP contribution is -2.27. The van der Waals surface area contributed by atoms with E-state index < -0.39 is 0 Å². The van der Waals surface area contributed by atoms with Gasteiger partial charge in [-0.1, -0.05) is 0 Å². The van der Waals surface area contributed by atoms with Gasteiger partial charge < -0.3 is 4.48 Å². The highest BCUT2D eigenvalue weighted by Gasteiger charge is 1.88. The largest absolute Gasteiger partial charge is 0.333 e. The Labute approximate surface area is 58.1 Å². The second kappa shape index (κ2) is 4.69. The summed E-state index contributed by atoms with van der Waals surface area (Å²) >= 11 is 0. The Hall–Kier alpha value is 0.540. The Morgan fingerprint density at radius 1 is 0.714 bits per heavy atom. The van der Waals surface area contributed by atoms with Crippen LogP contribution in [0, 0.1) is 0 Å². The molecule has 0 saturated heterocycles. The van der Waals surface area contributed by atoms with E-state index in [2.05, 4.69) is 28.2 Å². The third-order valence-electron chi connectivity index (χ3n) is 0. The maximum Gasteiger partial charge on any atom is 0.0675 e. The molecule has 0 fully saturated rings. The summed E-state index contributed by atoms with van der Waals surface area (Å²) in [4.78, 5) is 0. The molecule has 0 heterocycles. The predicted molar refractivity (Wildman–Crippen MR) is 38.5 cm³/mol. The van der Waals surface area contributed by atoms with Gasteiger partial charge in [0.05, 0.1) is 28.2 Å². The van der Waals surface area contributed by atoms with E-state index in [1.807, 2.05) is 0 Å². The van der Waals surface area contributed by atoms with Gasteiger partial charge in [-0.25, -0.2) is 0 Å². The molecule has 7 heavy (non-hydrogen) atoms. The fourth-order valence-corrected chi connectivity index (χ4v) is 0. The average Bonchev–Trinajstić information content (AvgIpc) is 0.722. The number of halogens is 2. The second-order valence-electron chi connectivity index (χ2n) is 2.68. The van der Waals surface area contributed by atoms with Gasteiger partial charge in [0.1, 0.15) is 0 Å². The Morgan fingerprint density at radius 3 is 0.714 bits per heavy atom. The number of hydrogen-bond donors (Lipinski definition) is 0. The van der Waals surface area contributed by atoms with Crippen molar-refractivity contribution in [2.75, 3.05) is 28.2 Å². The highest BCUT2D eigenvalue weighted by atomic mass is 35.5. The molecule has 0 aromatic heterocycles. The van der Waals surface area contributed by atoms with E-state index in [9.17, 15) is 0 Å². The maximum atomic E-state index is 2.12. The SMILES string of the molecule is C[N+](C)(C)C.Cl.Cl. The molecule has 1 nitrogen and oxygen atoms in total. The van der Waals surface area contributed by atoms with Crippen LogP contribution in [0.4, 0.5) is 0 Å². The fourth-order valence-electron chi connectivity index (χ4n) is 0. The van der Waals surface area contributed by atoms with Crippen molar-refractivity contribution in [1.82, 2.24) is 0 Å². The second-order valence-corrected chi connectivity index (χ2v) is 2.68. The molecule has 0 spiro atoms. The quantitative estimate of drug-likeness (QED) is 0.451. The van der Waals surface area contributed by atoms with E-state index in [-0.39, 0.29) is 24.8 Å². The van der Waals surface area contributed by atoms with Crippen LogP contribution in [0.15, 0.2) is 0 Å². The molecule has 0 unspecified atom stereocenters. The van der Waals surface area contributed by atoms with Crippen LogP contribution in [0.25, 0.3) is 0 Å². The van der Waals surface area contributed by atoms with Crippen LogP contribution in [0.2, 0.25) is 0 Å². The van der Waals surface area contributed by atoms with E-state index in [4.69, 9.17) is 0 Å². The van der Waals surface area contributed by atoms with Crippen molar-refractivity contribution >= 4 is 24.8 Å². The van der Waals surface area contributed by atoms with E-state index in [0.717, 1.165) is 4.48 Å².